The molecule has 0 bridgehead atoms. The molecule has 6 nitrogen and oxygen atoms in total. The summed E-state index contributed by atoms with van der Waals surface area (Å²) in [6.45, 7) is 5.92. The van der Waals surface area contributed by atoms with Crippen LogP contribution in [0.1, 0.15) is 19.4 Å². The van der Waals surface area contributed by atoms with Crippen molar-refractivity contribution in [3.8, 4) is 0 Å². The Labute approximate surface area is 101 Å². The van der Waals surface area contributed by atoms with Crippen molar-refractivity contribution in [2.24, 2.45) is 11.1 Å². The van der Waals surface area contributed by atoms with Crippen LogP contribution in [0.5, 0.6) is 0 Å². The van der Waals surface area contributed by atoms with E-state index in [1.165, 1.54) is 6.33 Å². The Bertz CT molecular complexity index is 416. The molecule has 0 radical (unpaired) electrons. The van der Waals surface area contributed by atoms with Crippen LogP contribution in [0.2, 0.25) is 0 Å². The minimum Gasteiger partial charge on any atom is -0.373 e. The number of nitrogens with zero attached hydrogens (tertiary/aromatic N) is 2. The van der Waals surface area contributed by atoms with Gasteiger partial charge in [-0.1, -0.05) is 0 Å². The molecular formula is C11H19N5O. The molecule has 0 aliphatic heterocycles. The number of nitrogens with two attached hydrogens (primary N) is 1. The van der Waals surface area contributed by atoms with Gasteiger partial charge in [0, 0.05) is 19.2 Å². The fraction of sp³-hybridized carbons (Fsp3) is 0.545. The first-order valence-corrected chi connectivity index (χ1v) is 5.41. The van der Waals surface area contributed by atoms with Crippen LogP contribution in [-0.2, 0) is 4.79 Å². The van der Waals surface area contributed by atoms with Gasteiger partial charge < -0.3 is 16.4 Å². The van der Waals surface area contributed by atoms with Crippen molar-refractivity contribution in [2.75, 3.05) is 24.2 Å². The van der Waals surface area contributed by atoms with Crippen molar-refractivity contribution < 1.29 is 4.79 Å². The van der Waals surface area contributed by atoms with Gasteiger partial charge in [-0.2, -0.15) is 0 Å². The molecule has 0 aliphatic rings. The van der Waals surface area contributed by atoms with E-state index >= 15 is 0 Å². The van der Waals surface area contributed by atoms with Crippen molar-refractivity contribution in [3.63, 3.8) is 0 Å². The van der Waals surface area contributed by atoms with E-state index in [4.69, 9.17) is 5.73 Å². The molecule has 17 heavy (non-hydrogen) atoms. The summed E-state index contributed by atoms with van der Waals surface area (Å²) in [5.41, 5.74) is 5.60. The van der Waals surface area contributed by atoms with Crippen molar-refractivity contribution >= 4 is 17.5 Å². The Hall–Kier alpha value is -1.85. The molecular weight excluding hydrogens is 218 g/mol. The molecule has 4 N–H and O–H groups in total. The Morgan fingerprint density at radius 3 is 2.53 bits per heavy atom. The number of nitrogens with one attached hydrogen (secondary N) is 2. The van der Waals surface area contributed by atoms with Gasteiger partial charge in [0.2, 0.25) is 5.91 Å². The van der Waals surface area contributed by atoms with Gasteiger partial charge in [0.1, 0.15) is 18.0 Å². The monoisotopic (exact) mass is 237 g/mol. The van der Waals surface area contributed by atoms with Crippen LogP contribution < -0.4 is 16.4 Å². The van der Waals surface area contributed by atoms with Crippen LogP contribution >= 0.6 is 0 Å². The second-order valence-corrected chi connectivity index (χ2v) is 4.55. The fourth-order valence-electron chi connectivity index (χ4n) is 1.27. The van der Waals surface area contributed by atoms with E-state index < -0.39 is 5.41 Å². The summed E-state index contributed by atoms with van der Waals surface area (Å²) in [6.07, 6.45) is 1.47. The zero-order chi connectivity index (χ0) is 13.1. The second-order valence-electron chi connectivity index (χ2n) is 4.55. The van der Waals surface area contributed by atoms with E-state index in [1.807, 2.05) is 6.92 Å². The van der Waals surface area contributed by atoms with E-state index in [-0.39, 0.29) is 5.91 Å². The zero-order valence-corrected chi connectivity index (χ0v) is 10.7. The van der Waals surface area contributed by atoms with Crippen molar-refractivity contribution in [3.05, 3.63) is 11.9 Å². The van der Waals surface area contributed by atoms with Crippen LogP contribution in [0.15, 0.2) is 6.33 Å². The number of anilines is 2. The van der Waals surface area contributed by atoms with Crippen molar-refractivity contribution in [1.82, 2.24) is 9.97 Å². The fourth-order valence-corrected chi connectivity index (χ4v) is 1.27. The van der Waals surface area contributed by atoms with E-state index in [9.17, 15) is 4.79 Å². The molecule has 0 aliphatic carbocycles. The summed E-state index contributed by atoms with van der Waals surface area (Å²) in [5, 5.41) is 6.09. The number of carbonyl (C=O) groups excluding carboxylic acids is 1. The number of carbonyl (C=O) groups is 1. The summed E-state index contributed by atoms with van der Waals surface area (Å²) in [6, 6.07) is 0. The minimum atomic E-state index is -0.614. The first kappa shape index (κ1) is 13.2. The maximum atomic E-state index is 11.2. The first-order valence-electron chi connectivity index (χ1n) is 5.41. The number of hydrogen-bond donors (Lipinski definition) is 3. The van der Waals surface area contributed by atoms with Gasteiger partial charge >= 0.3 is 0 Å². The molecule has 1 rings (SSSR count). The highest BCUT2D eigenvalue weighted by Crippen LogP contribution is 2.20. The predicted octanol–water partition coefficient (Wildman–Crippen LogP) is 0.750. The number of primary amides is 1. The van der Waals surface area contributed by atoms with Gasteiger partial charge in [-0.05, 0) is 20.8 Å². The van der Waals surface area contributed by atoms with Gasteiger partial charge in [-0.25, -0.2) is 9.97 Å². The Morgan fingerprint density at radius 1 is 1.41 bits per heavy atom. The molecule has 0 saturated carbocycles. The summed E-state index contributed by atoms with van der Waals surface area (Å²) >= 11 is 0. The summed E-state index contributed by atoms with van der Waals surface area (Å²) in [4.78, 5) is 19.4. The van der Waals surface area contributed by atoms with Gasteiger partial charge in [0.05, 0.1) is 5.41 Å². The highest BCUT2D eigenvalue weighted by Gasteiger charge is 2.25. The minimum absolute atomic E-state index is 0.342. The lowest BCUT2D eigenvalue weighted by molar-refractivity contribution is -0.125. The van der Waals surface area contributed by atoms with Crippen LogP contribution in [0.3, 0.4) is 0 Å². The Morgan fingerprint density at radius 2 is 2.00 bits per heavy atom. The van der Waals surface area contributed by atoms with Crippen molar-refractivity contribution in [2.45, 2.75) is 20.8 Å². The summed E-state index contributed by atoms with van der Waals surface area (Å²) < 4.78 is 0. The Kier molecular flexibility index (Phi) is 3.88. The highest BCUT2D eigenvalue weighted by molar-refractivity contribution is 5.80. The SMILES string of the molecule is CNc1ncnc(NCC(C)(C)C(N)=O)c1C. The van der Waals surface area contributed by atoms with Gasteiger partial charge in [0.25, 0.3) is 0 Å². The summed E-state index contributed by atoms with van der Waals surface area (Å²) in [7, 11) is 1.80. The molecule has 0 unspecified atom stereocenters. The van der Waals surface area contributed by atoms with Crippen LogP contribution in [-0.4, -0.2) is 29.5 Å². The topological polar surface area (TPSA) is 92.9 Å². The number of aromatic nitrogens is 2. The summed E-state index contributed by atoms with van der Waals surface area (Å²) in [5.74, 6) is 1.13. The van der Waals surface area contributed by atoms with Gasteiger partial charge in [-0.3, -0.25) is 4.79 Å². The van der Waals surface area contributed by atoms with E-state index in [2.05, 4.69) is 20.6 Å². The average molecular weight is 237 g/mol. The zero-order valence-electron chi connectivity index (χ0n) is 10.7. The number of rotatable bonds is 5. The third-order valence-corrected chi connectivity index (χ3v) is 2.69. The lowest BCUT2D eigenvalue weighted by Gasteiger charge is -2.21. The van der Waals surface area contributed by atoms with Crippen molar-refractivity contribution in [1.29, 1.82) is 0 Å². The largest absolute Gasteiger partial charge is 0.373 e. The average Bonchev–Trinajstić information content (AvgIpc) is 2.27. The predicted molar refractivity (Wildman–Crippen MR) is 67.8 cm³/mol. The molecule has 0 aromatic carbocycles. The molecule has 1 aromatic rings. The molecule has 1 amide bonds. The van der Waals surface area contributed by atoms with Gasteiger partial charge in [0.15, 0.2) is 0 Å². The normalized spacial score (nSPS) is 11.1. The maximum Gasteiger partial charge on any atom is 0.224 e. The second kappa shape index (κ2) is 4.99. The highest BCUT2D eigenvalue weighted by atomic mass is 16.1. The molecule has 0 fully saturated rings. The Balaban J connectivity index is 2.80. The third kappa shape index (κ3) is 3.05. The first-order chi connectivity index (χ1) is 7.88. The molecule has 94 valence electrons. The standard InChI is InChI=1S/C11H19N5O/c1-7-8(13-4)15-6-16-9(7)14-5-11(2,3)10(12)17/h6H,5H2,1-4H3,(H2,12,17)(H2,13,14,15,16). The smallest absolute Gasteiger partial charge is 0.224 e. The molecule has 6 heteroatoms. The number of amides is 1. The van der Waals surface area contributed by atoms with Gasteiger partial charge in [-0.15, -0.1) is 0 Å². The molecule has 1 aromatic heterocycles. The van der Waals surface area contributed by atoms with Crippen LogP contribution in [0.4, 0.5) is 11.6 Å². The molecule has 0 saturated heterocycles. The lowest BCUT2D eigenvalue weighted by atomic mass is 9.93. The van der Waals surface area contributed by atoms with Crippen LogP contribution in [0, 0.1) is 12.3 Å². The third-order valence-electron chi connectivity index (χ3n) is 2.69. The molecule has 0 atom stereocenters. The van der Waals surface area contributed by atoms with Crippen LogP contribution in [0.25, 0.3) is 0 Å². The lowest BCUT2D eigenvalue weighted by Crippen LogP contribution is -2.37. The quantitative estimate of drug-likeness (QED) is 0.702. The van der Waals surface area contributed by atoms with E-state index in [0.717, 1.165) is 11.4 Å². The number of hydrogen-bond acceptors (Lipinski definition) is 5. The molecule has 1 heterocycles. The molecule has 0 spiro atoms. The van der Waals surface area contributed by atoms with E-state index in [1.54, 1.807) is 20.9 Å². The maximum absolute atomic E-state index is 11.2. The van der Waals surface area contributed by atoms with E-state index in [0.29, 0.717) is 12.4 Å².